The highest BCUT2D eigenvalue weighted by Gasteiger charge is 2.35. The molecular formula is C16H23N3O2. The monoisotopic (exact) mass is 289 g/mol. The van der Waals surface area contributed by atoms with Crippen LogP contribution in [0.25, 0.3) is 0 Å². The van der Waals surface area contributed by atoms with Crippen LogP contribution in [0.3, 0.4) is 0 Å². The van der Waals surface area contributed by atoms with Gasteiger partial charge >= 0.3 is 0 Å². The number of benzene rings is 1. The SMILES string of the molecule is CC1(C)CCCC1NC(=O)Cc1ccc(C(N)=NO)cc1. The van der Waals surface area contributed by atoms with E-state index in [-0.39, 0.29) is 23.2 Å². The summed E-state index contributed by atoms with van der Waals surface area (Å²) in [7, 11) is 0. The van der Waals surface area contributed by atoms with Gasteiger partial charge in [-0.05, 0) is 23.8 Å². The van der Waals surface area contributed by atoms with Crippen molar-refractivity contribution >= 4 is 11.7 Å². The second kappa shape index (κ2) is 6.16. The Morgan fingerprint density at radius 3 is 2.62 bits per heavy atom. The summed E-state index contributed by atoms with van der Waals surface area (Å²) in [6.45, 7) is 4.41. The van der Waals surface area contributed by atoms with Gasteiger partial charge in [-0.15, -0.1) is 0 Å². The van der Waals surface area contributed by atoms with E-state index in [9.17, 15) is 4.79 Å². The van der Waals surface area contributed by atoms with Crippen molar-refractivity contribution in [1.29, 1.82) is 0 Å². The summed E-state index contributed by atoms with van der Waals surface area (Å²) in [6.07, 6.45) is 3.74. The van der Waals surface area contributed by atoms with Crippen LogP contribution < -0.4 is 11.1 Å². The average molecular weight is 289 g/mol. The van der Waals surface area contributed by atoms with Crippen LogP contribution in [0.1, 0.15) is 44.2 Å². The van der Waals surface area contributed by atoms with Gasteiger partial charge in [-0.2, -0.15) is 0 Å². The zero-order chi connectivity index (χ0) is 15.5. The summed E-state index contributed by atoms with van der Waals surface area (Å²) in [4.78, 5) is 12.1. The standard InChI is InChI=1S/C16H23N3O2/c1-16(2)9-3-4-13(16)18-14(20)10-11-5-7-12(8-6-11)15(17)19-21/h5-8,13,21H,3-4,9-10H2,1-2H3,(H2,17,19)(H,18,20). The first kappa shape index (κ1) is 15.4. The Labute approximate surface area is 125 Å². The van der Waals surface area contributed by atoms with Crippen LogP contribution in [0.2, 0.25) is 0 Å². The molecule has 0 saturated heterocycles. The minimum absolute atomic E-state index is 0.0477. The highest BCUT2D eigenvalue weighted by atomic mass is 16.4. The van der Waals surface area contributed by atoms with Crippen molar-refractivity contribution in [2.45, 2.75) is 45.6 Å². The Kier molecular flexibility index (Phi) is 4.50. The molecule has 0 aliphatic heterocycles. The molecule has 0 bridgehead atoms. The van der Waals surface area contributed by atoms with Crippen LogP contribution in [-0.2, 0) is 11.2 Å². The van der Waals surface area contributed by atoms with Crippen molar-refractivity contribution in [2.24, 2.45) is 16.3 Å². The fraction of sp³-hybridized carbons (Fsp3) is 0.500. The first-order valence-electron chi connectivity index (χ1n) is 7.28. The largest absolute Gasteiger partial charge is 0.409 e. The minimum atomic E-state index is 0.0477. The fourth-order valence-corrected chi connectivity index (χ4v) is 2.88. The van der Waals surface area contributed by atoms with Gasteiger partial charge in [0.2, 0.25) is 5.91 Å². The molecule has 1 aliphatic carbocycles. The predicted octanol–water partition coefficient (Wildman–Crippen LogP) is 2.02. The van der Waals surface area contributed by atoms with Gasteiger partial charge in [0.25, 0.3) is 0 Å². The lowest BCUT2D eigenvalue weighted by Crippen LogP contribution is -2.42. The Bertz CT molecular complexity index is 535. The molecule has 0 aromatic heterocycles. The molecule has 1 amide bonds. The van der Waals surface area contributed by atoms with Crippen LogP contribution in [0.15, 0.2) is 29.4 Å². The van der Waals surface area contributed by atoms with Crippen LogP contribution in [0, 0.1) is 5.41 Å². The number of hydrogen-bond acceptors (Lipinski definition) is 3. The number of hydrogen-bond donors (Lipinski definition) is 3. The van der Waals surface area contributed by atoms with E-state index in [1.165, 1.54) is 6.42 Å². The molecule has 4 N–H and O–H groups in total. The molecule has 1 aromatic rings. The summed E-state index contributed by atoms with van der Waals surface area (Å²) in [5.41, 5.74) is 7.24. The number of nitrogens with zero attached hydrogens (tertiary/aromatic N) is 1. The van der Waals surface area contributed by atoms with E-state index in [0.717, 1.165) is 18.4 Å². The van der Waals surface area contributed by atoms with Crippen LogP contribution in [0.5, 0.6) is 0 Å². The molecule has 5 nitrogen and oxygen atoms in total. The number of carbonyl (C=O) groups excluding carboxylic acids is 1. The smallest absolute Gasteiger partial charge is 0.224 e. The van der Waals surface area contributed by atoms with E-state index in [0.29, 0.717) is 12.0 Å². The summed E-state index contributed by atoms with van der Waals surface area (Å²) >= 11 is 0. The quantitative estimate of drug-likeness (QED) is 0.343. The van der Waals surface area contributed by atoms with Gasteiger partial charge in [0.1, 0.15) is 0 Å². The number of amides is 1. The number of rotatable bonds is 4. The minimum Gasteiger partial charge on any atom is -0.409 e. The predicted molar refractivity (Wildman–Crippen MR) is 82.2 cm³/mol. The topological polar surface area (TPSA) is 87.7 Å². The zero-order valence-corrected chi connectivity index (χ0v) is 12.6. The van der Waals surface area contributed by atoms with Crippen molar-refractivity contribution in [3.8, 4) is 0 Å². The molecule has 1 aromatic carbocycles. The van der Waals surface area contributed by atoms with Gasteiger partial charge in [0, 0.05) is 11.6 Å². The van der Waals surface area contributed by atoms with E-state index >= 15 is 0 Å². The molecule has 1 saturated carbocycles. The van der Waals surface area contributed by atoms with E-state index in [1.807, 2.05) is 12.1 Å². The van der Waals surface area contributed by atoms with Crippen molar-refractivity contribution in [3.05, 3.63) is 35.4 Å². The lowest BCUT2D eigenvalue weighted by molar-refractivity contribution is -0.121. The third kappa shape index (κ3) is 3.74. The number of nitrogens with two attached hydrogens (primary N) is 1. The van der Waals surface area contributed by atoms with Crippen molar-refractivity contribution in [3.63, 3.8) is 0 Å². The first-order chi connectivity index (χ1) is 9.92. The molecule has 0 spiro atoms. The lowest BCUT2D eigenvalue weighted by Gasteiger charge is -2.27. The molecule has 0 radical (unpaired) electrons. The Balaban J connectivity index is 1.94. The number of carbonyl (C=O) groups is 1. The van der Waals surface area contributed by atoms with Gasteiger partial charge in [-0.25, -0.2) is 0 Å². The maximum atomic E-state index is 12.1. The Morgan fingerprint density at radius 1 is 1.43 bits per heavy atom. The van der Waals surface area contributed by atoms with Gasteiger partial charge in [-0.3, -0.25) is 4.79 Å². The summed E-state index contributed by atoms with van der Waals surface area (Å²) < 4.78 is 0. The van der Waals surface area contributed by atoms with E-state index in [4.69, 9.17) is 10.9 Å². The third-order valence-corrected chi connectivity index (χ3v) is 4.31. The van der Waals surface area contributed by atoms with Gasteiger partial charge in [0.15, 0.2) is 5.84 Å². The molecule has 1 aliphatic rings. The van der Waals surface area contributed by atoms with Crippen molar-refractivity contribution in [1.82, 2.24) is 5.32 Å². The lowest BCUT2D eigenvalue weighted by atomic mass is 9.87. The Hall–Kier alpha value is -2.04. The number of oxime groups is 1. The Morgan fingerprint density at radius 2 is 2.10 bits per heavy atom. The molecule has 0 heterocycles. The third-order valence-electron chi connectivity index (χ3n) is 4.31. The highest BCUT2D eigenvalue weighted by molar-refractivity contribution is 5.97. The van der Waals surface area contributed by atoms with Crippen LogP contribution >= 0.6 is 0 Å². The molecule has 1 atom stereocenters. The van der Waals surface area contributed by atoms with Crippen LogP contribution in [0.4, 0.5) is 0 Å². The summed E-state index contributed by atoms with van der Waals surface area (Å²) in [6, 6.07) is 7.41. The number of amidine groups is 1. The maximum Gasteiger partial charge on any atom is 0.224 e. The molecule has 1 unspecified atom stereocenters. The van der Waals surface area contributed by atoms with Crippen LogP contribution in [-0.4, -0.2) is 23.0 Å². The van der Waals surface area contributed by atoms with E-state index in [1.54, 1.807) is 12.1 Å². The number of nitrogens with one attached hydrogen (secondary N) is 1. The average Bonchev–Trinajstić information content (AvgIpc) is 2.77. The first-order valence-corrected chi connectivity index (χ1v) is 7.28. The molecular weight excluding hydrogens is 266 g/mol. The zero-order valence-electron chi connectivity index (χ0n) is 12.6. The molecule has 5 heteroatoms. The van der Waals surface area contributed by atoms with Gasteiger partial charge in [0.05, 0.1) is 6.42 Å². The highest BCUT2D eigenvalue weighted by Crippen LogP contribution is 2.37. The summed E-state index contributed by atoms with van der Waals surface area (Å²) in [5, 5.41) is 14.7. The molecule has 1 fully saturated rings. The molecule has 114 valence electrons. The second-order valence-corrected chi connectivity index (χ2v) is 6.36. The van der Waals surface area contributed by atoms with E-state index in [2.05, 4.69) is 24.3 Å². The van der Waals surface area contributed by atoms with E-state index < -0.39 is 0 Å². The van der Waals surface area contributed by atoms with Crippen molar-refractivity contribution < 1.29 is 10.0 Å². The van der Waals surface area contributed by atoms with Gasteiger partial charge < -0.3 is 16.3 Å². The molecule has 21 heavy (non-hydrogen) atoms. The fourth-order valence-electron chi connectivity index (χ4n) is 2.88. The van der Waals surface area contributed by atoms with Crippen molar-refractivity contribution in [2.75, 3.05) is 0 Å². The maximum absolute atomic E-state index is 12.1. The summed E-state index contributed by atoms with van der Waals surface area (Å²) in [5.74, 6) is 0.116. The second-order valence-electron chi connectivity index (χ2n) is 6.36. The normalized spacial score (nSPS) is 21.2. The van der Waals surface area contributed by atoms with Gasteiger partial charge in [-0.1, -0.05) is 49.7 Å². The molecule has 2 rings (SSSR count).